The molecular formula is C28H28ClF3N4O. The molecule has 3 aromatic rings. The summed E-state index contributed by atoms with van der Waals surface area (Å²) in [7, 11) is 0. The second-order valence-electron chi connectivity index (χ2n) is 9.66. The van der Waals surface area contributed by atoms with Crippen LogP contribution in [-0.2, 0) is 6.18 Å². The van der Waals surface area contributed by atoms with Gasteiger partial charge in [-0.3, -0.25) is 9.69 Å². The predicted octanol–water partition coefficient (Wildman–Crippen LogP) is 5.43. The molecule has 3 heterocycles. The van der Waals surface area contributed by atoms with Crippen molar-refractivity contribution in [3.8, 4) is 0 Å². The summed E-state index contributed by atoms with van der Waals surface area (Å²) in [6.07, 6.45) is -2.90. The first kappa shape index (κ1) is 25.5. The lowest BCUT2D eigenvalue weighted by Gasteiger charge is -2.38. The number of amides is 1. The summed E-state index contributed by atoms with van der Waals surface area (Å²) >= 11 is 6.18. The summed E-state index contributed by atoms with van der Waals surface area (Å²) < 4.78 is 40.4. The third-order valence-corrected chi connectivity index (χ3v) is 7.65. The van der Waals surface area contributed by atoms with Crippen molar-refractivity contribution in [3.63, 3.8) is 0 Å². The molecule has 0 N–H and O–H groups in total. The summed E-state index contributed by atoms with van der Waals surface area (Å²) in [6.45, 7) is 4.93. The summed E-state index contributed by atoms with van der Waals surface area (Å²) in [5.41, 5.74) is 1.44. The first-order valence-corrected chi connectivity index (χ1v) is 12.8. The molecule has 1 aromatic heterocycles. The maximum Gasteiger partial charge on any atom is 0.416 e. The van der Waals surface area contributed by atoms with Crippen molar-refractivity contribution >= 4 is 23.2 Å². The molecule has 2 atom stereocenters. The third kappa shape index (κ3) is 5.75. The van der Waals surface area contributed by atoms with Crippen LogP contribution in [0.5, 0.6) is 0 Å². The molecule has 9 heteroatoms. The maximum atomic E-state index is 13.5. The van der Waals surface area contributed by atoms with Crippen molar-refractivity contribution in [1.29, 1.82) is 0 Å². The van der Waals surface area contributed by atoms with Gasteiger partial charge in [0, 0.05) is 63.6 Å². The molecule has 1 amide bonds. The Hall–Kier alpha value is -3.10. The van der Waals surface area contributed by atoms with Crippen molar-refractivity contribution in [1.82, 2.24) is 14.8 Å². The number of hydrogen-bond donors (Lipinski definition) is 0. The van der Waals surface area contributed by atoms with Crippen molar-refractivity contribution in [2.24, 2.45) is 5.92 Å². The molecule has 2 fully saturated rings. The topological polar surface area (TPSA) is 39.7 Å². The van der Waals surface area contributed by atoms with Crippen LogP contribution >= 0.6 is 11.6 Å². The molecular weight excluding hydrogens is 501 g/mol. The van der Waals surface area contributed by atoms with E-state index in [1.165, 1.54) is 24.0 Å². The number of alkyl halides is 3. The first-order chi connectivity index (χ1) is 17.8. The van der Waals surface area contributed by atoms with Crippen LogP contribution in [0, 0.1) is 5.92 Å². The van der Waals surface area contributed by atoms with Crippen molar-refractivity contribution in [2.45, 2.75) is 12.1 Å². The molecule has 2 aliphatic rings. The minimum absolute atomic E-state index is 0.00819. The van der Waals surface area contributed by atoms with Gasteiger partial charge in [0.05, 0.1) is 11.1 Å². The lowest BCUT2D eigenvalue weighted by molar-refractivity contribution is -0.137. The number of para-hydroxylation sites is 1. The predicted molar refractivity (Wildman–Crippen MR) is 138 cm³/mol. The van der Waals surface area contributed by atoms with Gasteiger partial charge < -0.3 is 9.80 Å². The Morgan fingerprint density at radius 1 is 0.946 bits per heavy atom. The van der Waals surface area contributed by atoms with Gasteiger partial charge in [-0.25, -0.2) is 4.98 Å². The Kier molecular flexibility index (Phi) is 7.40. The smallest absolute Gasteiger partial charge is 0.369 e. The van der Waals surface area contributed by atoms with E-state index in [-0.39, 0.29) is 22.9 Å². The highest BCUT2D eigenvalue weighted by molar-refractivity contribution is 6.32. The van der Waals surface area contributed by atoms with E-state index in [1.54, 1.807) is 23.1 Å². The van der Waals surface area contributed by atoms with E-state index in [2.05, 4.69) is 26.9 Å². The monoisotopic (exact) mass is 528 g/mol. The number of nitrogens with zero attached hydrogens (tertiary/aromatic N) is 4. The van der Waals surface area contributed by atoms with Crippen LogP contribution in [0.4, 0.5) is 18.9 Å². The largest absolute Gasteiger partial charge is 0.416 e. The van der Waals surface area contributed by atoms with Crippen molar-refractivity contribution in [3.05, 3.63) is 94.8 Å². The number of anilines is 1. The number of carbonyl (C=O) groups is 1. The van der Waals surface area contributed by atoms with E-state index in [0.717, 1.165) is 32.2 Å². The lowest BCUT2D eigenvalue weighted by Crippen LogP contribution is -2.48. The molecule has 37 heavy (non-hydrogen) atoms. The second kappa shape index (κ2) is 10.7. The van der Waals surface area contributed by atoms with Gasteiger partial charge in [-0.1, -0.05) is 48.0 Å². The molecule has 194 valence electrons. The van der Waals surface area contributed by atoms with Crippen molar-refractivity contribution < 1.29 is 18.0 Å². The average Bonchev–Trinajstić information content (AvgIpc) is 3.33. The lowest BCUT2D eigenvalue weighted by atomic mass is 9.87. The highest BCUT2D eigenvalue weighted by Gasteiger charge is 2.39. The molecule has 0 spiro atoms. The zero-order valence-electron chi connectivity index (χ0n) is 20.2. The molecule has 0 radical (unpaired) electrons. The van der Waals surface area contributed by atoms with Crippen LogP contribution in [0.15, 0.2) is 72.9 Å². The zero-order valence-corrected chi connectivity index (χ0v) is 21.0. The Balaban J connectivity index is 1.35. The minimum atomic E-state index is -4.42. The van der Waals surface area contributed by atoms with E-state index in [1.807, 2.05) is 18.2 Å². The average molecular weight is 529 g/mol. The fourth-order valence-corrected chi connectivity index (χ4v) is 5.62. The summed E-state index contributed by atoms with van der Waals surface area (Å²) in [5.74, 6) is -0.466. The molecule has 5 rings (SSSR count). The molecule has 5 nitrogen and oxygen atoms in total. The first-order valence-electron chi connectivity index (χ1n) is 12.4. The van der Waals surface area contributed by atoms with E-state index in [4.69, 9.17) is 11.6 Å². The molecule has 0 unspecified atom stereocenters. The van der Waals surface area contributed by atoms with Gasteiger partial charge in [0.2, 0.25) is 0 Å². The highest BCUT2D eigenvalue weighted by Crippen LogP contribution is 2.38. The van der Waals surface area contributed by atoms with Crippen LogP contribution in [-0.4, -0.2) is 66.5 Å². The number of pyridine rings is 1. The van der Waals surface area contributed by atoms with Gasteiger partial charge in [0.15, 0.2) is 0 Å². The van der Waals surface area contributed by atoms with Gasteiger partial charge in [-0.2, -0.15) is 13.2 Å². The number of rotatable bonds is 5. The van der Waals surface area contributed by atoms with E-state index < -0.39 is 11.7 Å². The summed E-state index contributed by atoms with van der Waals surface area (Å²) in [6, 6.07) is 19.1. The summed E-state index contributed by atoms with van der Waals surface area (Å²) in [4.78, 5) is 23.7. The minimum Gasteiger partial charge on any atom is -0.369 e. The molecule has 2 aromatic carbocycles. The van der Waals surface area contributed by atoms with Gasteiger partial charge in [-0.05, 0) is 41.8 Å². The molecule has 0 aliphatic carbocycles. The van der Waals surface area contributed by atoms with Gasteiger partial charge in [0.25, 0.3) is 5.91 Å². The zero-order chi connectivity index (χ0) is 26.0. The molecule has 0 bridgehead atoms. The molecule has 2 saturated heterocycles. The molecule has 2 aliphatic heterocycles. The Labute approximate surface area is 219 Å². The highest BCUT2D eigenvalue weighted by atomic mass is 35.5. The Bertz CT molecular complexity index is 1230. The fourth-order valence-electron chi connectivity index (χ4n) is 5.42. The van der Waals surface area contributed by atoms with Crippen LogP contribution < -0.4 is 4.90 Å². The van der Waals surface area contributed by atoms with Crippen LogP contribution in [0.3, 0.4) is 0 Å². The van der Waals surface area contributed by atoms with Crippen LogP contribution in [0.1, 0.15) is 27.4 Å². The number of likely N-dealkylation sites (tertiary alicyclic amines) is 1. The Morgan fingerprint density at radius 2 is 1.70 bits per heavy atom. The van der Waals surface area contributed by atoms with Crippen LogP contribution in [0.25, 0.3) is 0 Å². The standard InChI is InChI=1S/C28H28ClF3N4O/c29-26-24(10-5-11-33-26)27(37)36-18-21(25(19-36)20-6-4-7-22(16-20)28(30,31)32)17-34-12-14-35(15-13-34)23-8-2-1-3-9-23/h1-11,16,21,25H,12-15,17-19H2/t21-,25+/m0/s1. The molecule has 0 saturated carbocycles. The van der Waals surface area contributed by atoms with Gasteiger partial charge >= 0.3 is 6.18 Å². The Morgan fingerprint density at radius 3 is 2.41 bits per heavy atom. The van der Waals surface area contributed by atoms with E-state index >= 15 is 0 Å². The number of carbonyl (C=O) groups excluding carboxylic acids is 1. The van der Waals surface area contributed by atoms with Crippen LogP contribution in [0.2, 0.25) is 5.15 Å². The number of piperazine rings is 1. The summed E-state index contributed by atoms with van der Waals surface area (Å²) in [5, 5.41) is 0.128. The van der Waals surface area contributed by atoms with Gasteiger partial charge in [0.1, 0.15) is 5.15 Å². The number of benzene rings is 2. The second-order valence-corrected chi connectivity index (χ2v) is 10.0. The maximum absolute atomic E-state index is 13.5. The number of hydrogen-bond acceptors (Lipinski definition) is 4. The van der Waals surface area contributed by atoms with E-state index in [9.17, 15) is 18.0 Å². The fraction of sp³-hybridized carbons (Fsp3) is 0.357. The van der Waals surface area contributed by atoms with Gasteiger partial charge in [-0.15, -0.1) is 0 Å². The third-order valence-electron chi connectivity index (χ3n) is 7.35. The normalized spacial score (nSPS) is 20.9. The number of aromatic nitrogens is 1. The van der Waals surface area contributed by atoms with E-state index in [0.29, 0.717) is 30.8 Å². The number of halogens is 4. The SMILES string of the molecule is O=C(c1cccnc1Cl)N1C[C@H](CN2CCN(c3ccccc3)CC2)[C@@H](c2cccc(C(F)(F)F)c2)C1. The quantitative estimate of drug-likeness (QED) is 0.414. The van der Waals surface area contributed by atoms with Crippen molar-refractivity contribution in [2.75, 3.05) is 50.7 Å².